The Kier molecular flexibility index (Phi) is 3.25. The molecule has 0 aliphatic carbocycles. The van der Waals surface area contributed by atoms with Gasteiger partial charge in [0.15, 0.2) is 5.65 Å². The third-order valence-electron chi connectivity index (χ3n) is 7.51. The van der Waals surface area contributed by atoms with Gasteiger partial charge in [0.05, 0.1) is 27.5 Å². The smallest absolute Gasteiger partial charge is 0.165 e. The van der Waals surface area contributed by atoms with Crippen LogP contribution in [0.1, 0.15) is 0 Å². The Morgan fingerprint density at radius 1 is 0.528 bits per heavy atom. The van der Waals surface area contributed by atoms with Crippen LogP contribution >= 0.6 is 0 Å². The summed E-state index contributed by atoms with van der Waals surface area (Å²) >= 11 is 0. The fourth-order valence-electron chi connectivity index (χ4n) is 5.95. The minimum absolute atomic E-state index is 0.880. The monoisotopic (exact) mass is 459 g/mol. The van der Waals surface area contributed by atoms with Crippen LogP contribution in [0.3, 0.4) is 0 Å². The second-order valence-electron chi connectivity index (χ2n) is 9.44. The van der Waals surface area contributed by atoms with Gasteiger partial charge in [0, 0.05) is 21.5 Å². The molecule has 166 valence electrons. The maximum absolute atomic E-state index is 6.44. The lowest BCUT2D eigenvalue weighted by Crippen LogP contribution is -1.89. The van der Waals surface area contributed by atoms with Crippen molar-refractivity contribution in [3.05, 3.63) is 103 Å². The highest BCUT2D eigenvalue weighted by molar-refractivity contribution is 6.29. The van der Waals surface area contributed by atoms with Gasteiger partial charge in [-0.2, -0.15) is 0 Å². The van der Waals surface area contributed by atoms with E-state index in [1.807, 2.05) is 30.3 Å². The molecule has 9 rings (SSSR count). The third-order valence-corrected chi connectivity index (χ3v) is 7.51. The molecular formula is C32H17N3O. The Morgan fingerprint density at radius 3 is 2.17 bits per heavy atom. The van der Waals surface area contributed by atoms with Gasteiger partial charge >= 0.3 is 0 Å². The van der Waals surface area contributed by atoms with Gasteiger partial charge in [-0.3, -0.25) is 4.40 Å². The number of furan rings is 1. The maximum atomic E-state index is 6.44. The number of hydrogen-bond donors (Lipinski definition) is 0. The van der Waals surface area contributed by atoms with E-state index in [0.29, 0.717) is 0 Å². The van der Waals surface area contributed by atoms with Crippen LogP contribution in [0.25, 0.3) is 82.5 Å². The van der Waals surface area contributed by atoms with E-state index in [1.165, 1.54) is 21.9 Å². The highest BCUT2D eigenvalue weighted by Gasteiger charge is 2.23. The molecule has 9 aromatic rings. The molecule has 0 aliphatic rings. The van der Waals surface area contributed by atoms with Gasteiger partial charge in [0.1, 0.15) is 16.7 Å². The minimum atomic E-state index is 0.880. The highest BCUT2D eigenvalue weighted by Crippen LogP contribution is 2.43. The van der Waals surface area contributed by atoms with Crippen LogP contribution in [-0.2, 0) is 0 Å². The van der Waals surface area contributed by atoms with Crippen molar-refractivity contribution in [3.63, 3.8) is 0 Å². The third kappa shape index (κ3) is 2.19. The normalized spacial score (nSPS) is 12.4. The first kappa shape index (κ1) is 18.4. The van der Waals surface area contributed by atoms with Crippen LogP contribution in [0, 0.1) is 0 Å². The molecule has 36 heavy (non-hydrogen) atoms. The van der Waals surface area contributed by atoms with E-state index >= 15 is 0 Å². The number of para-hydroxylation sites is 3. The van der Waals surface area contributed by atoms with Crippen molar-refractivity contribution >= 4 is 71.3 Å². The summed E-state index contributed by atoms with van der Waals surface area (Å²) in [7, 11) is 0. The average molecular weight is 460 g/mol. The molecule has 4 heteroatoms. The van der Waals surface area contributed by atoms with E-state index in [9.17, 15) is 0 Å². The number of aromatic nitrogens is 3. The molecule has 0 spiro atoms. The van der Waals surface area contributed by atoms with Crippen molar-refractivity contribution in [1.29, 1.82) is 0 Å². The van der Waals surface area contributed by atoms with Crippen molar-refractivity contribution < 1.29 is 4.42 Å². The van der Waals surface area contributed by atoms with Crippen molar-refractivity contribution in [2.24, 2.45) is 0 Å². The van der Waals surface area contributed by atoms with Crippen molar-refractivity contribution in [1.82, 2.24) is 14.4 Å². The van der Waals surface area contributed by atoms with Gasteiger partial charge in [-0.25, -0.2) is 9.97 Å². The van der Waals surface area contributed by atoms with Gasteiger partial charge in [0.25, 0.3) is 0 Å². The molecule has 4 aromatic heterocycles. The van der Waals surface area contributed by atoms with Crippen LogP contribution in [0.15, 0.2) is 108 Å². The molecular weight excluding hydrogens is 442 g/mol. The predicted molar refractivity (Wildman–Crippen MR) is 147 cm³/mol. The fourth-order valence-corrected chi connectivity index (χ4v) is 5.95. The molecule has 0 unspecified atom stereocenters. The van der Waals surface area contributed by atoms with Gasteiger partial charge in [-0.05, 0) is 47.5 Å². The van der Waals surface area contributed by atoms with Gasteiger partial charge in [0.2, 0.25) is 0 Å². The van der Waals surface area contributed by atoms with Crippen molar-refractivity contribution in [3.8, 4) is 11.1 Å². The first-order valence-electron chi connectivity index (χ1n) is 12.1. The van der Waals surface area contributed by atoms with E-state index in [4.69, 9.17) is 14.4 Å². The summed E-state index contributed by atoms with van der Waals surface area (Å²) in [6, 6.07) is 35.8. The van der Waals surface area contributed by atoms with Crippen molar-refractivity contribution in [2.75, 3.05) is 0 Å². The quantitative estimate of drug-likeness (QED) is 0.248. The Hall–Kier alpha value is -4.96. The van der Waals surface area contributed by atoms with Crippen LogP contribution in [-0.4, -0.2) is 14.4 Å². The Balaban J connectivity index is 1.49. The van der Waals surface area contributed by atoms with Gasteiger partial charge in [-0.15, -0.1) is 0 Å². The van der Waals surface area contributed by atoms with E-state index < -0.39 is 0 Å². The van der Waals surface area contributed by atoms with Crippen molar-refractivity contribution in [2.45, 2.75) is 0 Å². The number of benzene rings is 5. The van der Waals surface area contributed by atoms with E-state index in [1.54, 1.807) is 0 Å². The lowest BCUT2D eigenvalue weighted by atomic mass is 10.0. The second-order valence-corrected chi connectivity index (χ2v) is 9.44. The molecule has 0 saturated heterocycles. The summed E-state index contributed by atoms with van der Waals surface area (Å²) in [5.74, 6) is 0. The van der Waals surface area contributed by atoms with E-state index in [-0.39, 0.29) is 0 Å². The molecule has 0 radical (unpaired) electrons. The fraction of sp³-hybridized carbons (Fsp3) is 0. The maximum Gasteiger partial charge on any atom is 0.165 e. The van der Waals surface area contributed by atoms with Gasteiger partial charge in [-0.1, -0.05) is 66.7 Å². The molecule has 0 atom stereocenters. The van der Waals surface area contributed by atoms with E-state index in [0.717, 1.165) is 60.6 Å². The number of fused-ring (bicyclic) bond motifs is 11. The summed E-state index contributed by atoms with van der Waals surface area (Å²) in [5.41, 5.74) is 10.0. The highest BCUT2D eigenvalue weighted by atomic mass is 16.3. The molecule has 5 aromatic carbocycles. The van der Waals surface area contributed by atoms with Crippen LogP contribution in [0.5, 0.6) is 0 Å². The topological polar surface area (TPSA) is 43.3 Å². The molecule has 0 N–H and O–H groups in total. The molecule has 0 bridgehead atoms. The summed E-state index contributed by atoms with van der Waals surface area (Å²) in [6.45, 7) is 0. The van der Waals surface area contributed by atoms with Crippen LogP contribution in [0.2, 0.25) is 0 Å². The lowest BCUT2D eigenvalue weighted by Gasteiger charge is -2.02. The number of rotatable bonds is 1. The zero-order valence-corrected chi connectivity index (χ0v) is 19.1. The summed E-state index contributed by atoms with van der Waals surface area (Å²) in [4.78, 5) is 10.2. The standard InChI is InChI=1S/C32H17N3O/c1-2-7-18(8-3-1)19-13-14-22-27(17-19)36-26-16-15-21-20-9-6-10-23-29-32(35(30(20)23)31(21)28(22)26)34-25-12-5-4-11-24(25)33-29/h1-17H. The summed E-state index contributed by atoms with van der Waals surface area (Å²) in [6.07, 6.45) is 0. The Morgan fingerprint density at radius 2 is 1.28 bits per heavy atom. The molecule has 4 heterocycles. The zero-order chi connectivity index (χ0) is 23.4. The zero-order valence-electron chi connectivity index (χ0n) is 19.1. The minimum Gasteiger partial charge on any atom is -0.456 e. The first-order chi connectivity index (χ1) is 17.8. The molecule has 4 nitrogen and oxygen atoms in total. The number of nitrogens with zero attached hydrogens (tertiary/aromatic N) is 3. The first-order valence-corrected chi connectivity index (χ1v) is 12.1. The Labute approximate surface area is 204 Å². The molecule has 0 saturated carbocycles. The number of hydrogen-bond acceptors (Lipinski definition) is 3. The average Bonchev–Trinajstić information content (AvgIpc) is 3.58. The summed E-state index contributed by atoms with van der Waals surface area (Å²) < 4.78 is 8.75. The molecule has 0 aliphatic heterocycles. The van der Waals surface area contributed by atoms with Crippen LogP contribution < -0.4 is 0 Å². The second kappa shape index (κ2) is 6.37. The van der Waals surface area contributed by atoms with E-state index in [2.05, 4.69) is 77.2 Å². The lowest BCUT2D eigenvalue weighted by molar-refractivity contribution is 0.669. The Bertz CT molecular complexity index is 2310. The largest absolute Gasteiger partial charge is 0.456 e. The predicted octanol–water partition coefficient (Wildman–Crippen LogP) is 8.35. The SMILES string of the molecule is c1ccc(-c2ccc3c(c2)oc2ccc4c5cccc6c7nc8ccccc8nc7n(c56)c4c23)cc1. The molecule has 0 amide bonds. The van der Waals surface area contributed by atoms with Crippen LogP contribution in [0.4, 0.5) is 0 Å². The summed E-state index contributed by atoms with van der Waals surface area (Å²) in [5, 5.41) is 5.77. The van der Waals surface area contributed by atoms with Gasteiger partial charge < -0.3 is 4.42 Å². The molecule has 0 fully saturated rings.